The monoisotopic (exact) mass is 439 g/mol. The van der Waals surface area contributed by atoms with Gasteiger partial charge in [0, 0.05) is 13.5 Å². The molecule has 1 fully saturated rings. The average Bonchev–Trinajstić information content (AvgIpc) is 2.75. The molecule has 1 aromatic carbocycles. The molecule has 8 heteroatoms. The van der Waals surface area contributed by atoms with Gasteiger partial charge in [-0.3, -0.25) is 4.79 Å². The third-order valence-corrected chi connectivity index (χ3v) is 5.72. The van der Waals surface area contributed by atoms with Gasteiger partial charge in [-0.25, -0.2) is 0 Å². The van der Waals surface area contributed by atoms with E-state index in [9.17, 15) is 15.0 Å². The van der Waals surface area contributed by atoms with Crippen molar-refractivity contribution in [2.45, 2.75) is 88.8 Å². The summed E-state index contributed by atoms with van der Waals surface area (Å²) in [6.07, 6.45) is 5.60. The van der Waals surface area contributed by atoms with Gasteiger partial charge in [0.15, 0.2) is 0 Å². The molecule has 0 bridgehead atoms. The summed E-state index contributed by atoms with van der Waals surface area (Å²) in [7, 11) is 1.45. The summed E-state index contributed by atoms with van der Waals surface area (Å²) in [6.45, 7) is 0.124. The molecular weight excluding hydrogens is 402 g/mol. The quantitative estimate of drug-likeness (QED) is 0.257. The van der Waals surface area contributed by atoms with E-state index in [0.717, 1.165) is 63.4 Å². The highest BCUT2D eigenvalue weighted by Gasteiger charge is 2.40. The number of hydrogen-bond donors (Lipinski definition) is 4. The van der Waals surface area contributed by atoms with Crippen LogP contribution in [0.3, 0.4) is 0 Å². The molecule has 0 saturated carbocycles. The number of aryl methyl sites for hydroxylation is 1. The molecule has 4 atom stereocenters. The highest BCUT2D eigenvalue weighted by molar-refractivity contribution is 5.66. The number of nitrogen functional groups attached to an aromatic ring is 1. The number of ether oxygens (including phenoxy) is 3. The number of carboxylic acid groups (broad SMARTS) is 1. The molecule has 1 heterocycles. The maximum absolute atomic E-state index is 10.5. The summed E-state index contributed by atoms with van der Waals surface area (Å²) in [5.41, 5.74) is 7.79. The zero-order chi connectivity index (χ0) is 22.6. The van der Waals surface area contributed by atoms with Crippen molar-refractivity contribution in [3.05, 3.63) is 23.8 Å². The second-order valence-corrected chi connectivity index (χ2v) is 8.13. The van der Waals surface area contributed by atoms with E-state index in [0.29, 0.717) is 11.4 Å². The first kappa shape index (κ1) is 25.4. The summed E-state index contributed by atoms with van der Waals surface area (Å²) >= 11 is 0. The lowest BCUT2D eigenvalue weighted by Gasteiger charge is -2.36. The Balaban J connectivity index is 1.70. The Labute approximate surface area is 184 Å². The number of aliphatic carboxylic acids is 1. The molecule has 0 aromatic heterocycles. The van der Waals surface area contributed by atoms with Crippen LogP contribution in [0.15, 0.2) is 18.2 Å². The van der Waals surface area contributed by atoms with Crippen LogP contribution in [0.1, 0.15) is 63.4 Å². The molecule has 1 saturated heterocycles. The Kier molecular flexibility index (Phi) is 11.1. The van der Waals surface area contributed by atoms with Crippen molar-refractivity contribution < 1.29 is 34.3 Å². The van der Waals surface area contributed by atoms with Gasteiger partial charge in [-0.2, -0.15) is 0 Å². The average molecular weight is 440 g/mol. The third-order valence-electron chi connectivity index (χ3n) is 5.72. The van der Waals surface area contributed by atoms with E-state index in [-0.39, 0.29) is 13.0 Å². The topological polar surface area (TPSA) is 131 Å². The van der Waals surface area contributed by atoms with Gasteiger partial charge in [-0.1, -0.05) is 50.7 Å². The summed E-state index contributed by atoms with van der Waals surface area (Å²) in [5, 5.41) is 28.9. The number of aliphatic hydroxyl groups excluding tert-OH is 2. The van der Waals surface area contributed by atoms with E-state index in [2.05, 4.69) is 0 Å². The fourth-order valence-corrected chi connectivity index (χ4v) is 3.77. The standard InChI is InChI=1S/C23H37NO7/c1-29-18-15-30-23(22(28)21(18)27)31-17-13-10-12-16(20(17)24)11-8-6-4-2-3-5-7-9-14-19(25)26/h10,12-13,18,21-23,27-28H,2-9,11,14-15,24H2,1H3,(H,25,26). The number of rotatable bonds is 14. The Morgan fingerprint density at radius 1 is 1.06 bits per heavy atom. The number of methoxy groups -OCH3 is 1. The minimum atomic E-state index is -1.23. The minimum Gasteiger partial charge on any atom is -0.481 e. The number of benzene rings is 1. The lowest BCUT2D eigenvalue weighted by Crippen LogP contribution is -2.55. The molecule has 4 unspecified atom stereocenters. The number of nitrogens with two attached hydrogens (primary N) is 1. The van der Waals surface area contributed by atoms with E-state index in [1.165, 1.54) is 7.11 Å². The smallest absolute Gasteiger partial charge is 0.303 e. The number of anilines is 1. The number of unbranched alkanes of at least 4 members (excludes halogenated alkanes) is 7. The molecule has 2 rings (SSSR count). The zero-order valence-electron chi connectivity index (χ0n) is 18.4. The van der Waals surface area contributed by atoms with Crippen molar-refractivity contribution in [3.8, 4) is 5.75 Å². The Morgan fingerprint density at radius 2 is 1.71 bits per heavy atom. The Hall–Kier alpha value is -1.87. The highest BCUT2D eigenvalue weighted by atomic mass is 16.7. The van der Waals surface area contributed by atoms with E-state index in [1.54, 1.807) is 6.07 Å². The summed E-state index contributed by atoms with van der Waals surface area (Å²) in [5.74, 6) is -0.278. The molecule has 5 N–H and O–H groups in total. The van der Waals surface area contributed by atoms with Crippen LogP contribution in [-0.2, 0) is 20.7 Å². The van der Waals surface area contributed by atoms with Crippen LogP contribution in [0.25, 0.3) is 0 Å². The predicted molar refractivity (Wildman–Crippen MR) is 117 cm³/mol. The van der Waals surface area contributed by atoms with Crippen molar-refractivity contribution in [1.29, 1.82) is 0 Å². The summed E-state index contributed by atoms with van der Waals surface area (Å²) in [6, 6.07) is 5.56. The van der Waals surface area contributed by atoms with Crippen molar-refractivity contribution in [1.82, 2.24) is 0 Å². The van der Waals surface area contributed by atoms with E-state index in [4.69, 9.17) is 25.1 Å². The molecular formula is C23H37NO7. The second-order valence-electron chi connectivity index (χ2n) is 8.13. The van der Waals surface area contributed by atoms with Gasteiger partial charge in [0.05, 0.1) is 12.3 Å². The highest BCUT2D eigenvalue weighted by Crippen LogP contribution is 2.30. The normalized spacial score (nSPS) is 23.6. The van der Waals surface area contributed by atoms with Crippen LogP contribution in [0.4, 0.5) is 5.69 Å². The second kappa shape index (κ2) is 13.5. The maximum Gasteiger partial charge on any atom is 0.303 e. The Bertz CT molecular complexity index is 669. The van der Waals surface area contributed by atoms with Gasteiger partial charge in [0.1, 0.15) is 24.1 Å². The minimum absolute atomic E-state index is 0.124. The number of carboxylic acids is 1. The van der Waals surface area contributed by atoms with Crippen LogP contribution in [0, 0.1) is 0 Å². The zero-order valence-corrected chi connectivity index (χ0v) is 18.4. The molecule has 0 amide bonds. The first-order valence-corrected chi connectivity index (χ1v) is 11.2. The number of hydrogen-bond acceptors (Lipinski definition) is 7. The lowest BCUT2D eigenvalue weighted by molar-refractivity contribution is -0.246. The van der Waals surface area contributed by atoms with Crippen molar-refractivity contribution in [2.24, 2.45) is 0 Å². The van der Waals surface area contributed by atoms with Crippen molar-refractivity contribution in [2.75, 3.05) is 19.5 Å². The first-order valence-electron chi connectivity index (χ1n) is 11.2. The van der Waals surface area contributed by atoms with Crippen LogP contribution < -0.4 is 10.5 Å². The van der Waals surface area contributed by atoms with Crippen LogP contribution >= 0.6 is 0 Å². The van der Waals surface area contributed by atoms with Crippen LogP contribution in [0.5, 0.6) is 5.75 Å². The molecule has 0 spiro atoms. The van der Waals surface area contributed by atoms with Crippen molar-refractivity contribution >= 4 is 11.7 Å². The molecule has 0 aliphatic carbocycles. The van der Waals surface area contributed by atoms with Gasteiger partial charge in [-0.05, 0) is 30.9 Å². The van der Waals surface area contributed by atoms with E-state index in [1.807, 2.05) is 12.1 Å². The molecule has 176 valence electrons. The molecule has 1 aliphatic heterocycles. The summed E-state index contributed by atoms with van der Waals surface area (Å²) in [4.78, 5) is 10.5. The Morgan fingerprint density at radius 3 is 2.35 bits per heavy atom. The molecule has 0 radical (unpaired) electrons. The number of aliphatic hydroxyl groups is 2. The summed E-state index contributed by atoms with van der Waals surface area (Å²) < 4.78 is 16.3. The van der Waals surface area contributed by atoms with E-state index >= 15 is 0 Å². The number of para-hydroxylation sites is 1. The van der Waals surface area contributed by atoms with Crippen LogP contribution in [0.2, 0.25) is 0 Å². The fourth-order valence-electron chi connectivity index (χ4n) is 3.77. The van der Waals surface area contributed by atoms with Gasteiger partial charge in [0.25, 0.3) is 0 Å². The van der Waals surface area contributed by atoms with Gasteiger partial charge in [0.2, 0.25) is 6.29 Å². The SMILES string of the molecule is COC1COC(Oc2cccc(CCCCCCCCCCC(=O)O)c2N)C(O)C1O. The molecule has 8 nitrogen and oxygen atoms in total. The lowest BCUT2D eigenvalue weighted by atomic mass is 10.0. The third kappa shape index (κ3) is 8.29. The fraction of sp³-hybridized carbons (Fsp3) is 0.696. The predicted octanol–water partition coefficient (Wildman–Crippen LogP) is 2.88. The van der Waals surface area contributed by atoms with Gasteiger partial charge < -0.3 is 35.3 Å². The molecule has 1 aliphatic rings. The van der Waals surface area contributed by atoms with Gasteiger partial charge >= 0.3 is 5.97 Å². The largest absolute Gasteiger partial charge is 0.481 e. The first-order chi connectivity index (χ1) is 14.9. The van der Waals surface area contributed by atoms with Gasteiger partial charge in [-0.15, -0.1) is 0 Å². The van der Waals surface area contributed by atoms with Crippen molar-refractivity contribution in [3.63, 3.8) is 0 Å². The van der Waals surface area contributed by atoms with E-state index < -0.39 is 30.6 Å². The number of carbonyl (C=O) groups is 1. The van der Waals surface area contributed by atoms with Crippen LogP contribution in [-0.4, -0.2) is 59.6 Å². The molecule has 31 heavy (non-hydrogen) atoms. The maximum atomic E-state index is 10.5. The molecule has 1 aromatic rings.